The lowest BCUT2D eigenvalue weighted by atomic mass is 10.1. The Morgan fingerprint density at radius 2 is 1.53 bits per heavy atom. The topological polar surface area (TPSA) is 43.9 Å². The summed E-state index contributed by atoms with van der Waals surface area (Å²) in [4.78, 5) is 34.3. The summed E-state index contributed by atoms with van der Waals surface area (Å²) in [5, 5.41) is 0. The molecule has 164 valence electrons. The lowest BCUT2D eigenvalue weighted by Gasteiger charge is -2.36. The minimum Gasteiger partial charge on any atom is -0.368 e. The van der Waals surface area contributed by atoms with Gasteiger partial charge in [0, 0.05) is 55.4 Å². The van der Waals surface area contributed by atoms with Gasteiger partial charge in [-0.25, -0.2) is 0 Å². The van der Waals surface area contributed by atoms with Crippen LogP contribution in [0.25, 0.3) is 0 Å². The number of para-hydroxylation sites is 1. The number of piperazine rings is 1. The van der Waals surface area contributed by atoms with Crippen LogP contribution in [0.4, 0.5) is 5.69 Å². The van der Waals surface area contributed by atoms with Crippen LogP contribution in [-0.4, -0.2) is 54.3 Å². The number of amides is 2. The van der Waals surface area contributed by atoms with Crippen LogP contribution in [0.1, 0.15) is 36.0 Å². The number of hydrogen-bond donors (Lipinski definition) is 0. The smallest absolute Gasteiger partial charge is 0.264 e. The van der Waals surface area contributed by atoms with E-state index in [-0.39, 0.29) is 11.8 Å². The van der Waals surface area contributed by atoms with Gasteiger partial charge in [-0.3, -0.25) is 9.59 Å². The molecule has 1 aromatic heterocycles. The predicted octanol–water partition coefficient (Wildman–Crippen LogP) is 4.22. The maximum absolute atomic E-state index is 13.2. The fourth-order valence-corrected chi connectivity index (χ4v) is 5.58. The molecule has 0 atom stereocenters. The molecule has 0 unspecified atom stereocenters. The molecule has 2 aliphatic rings. The van der Waals surface area contributed by atoms with Crippen molar-refractivity contribution in [1.29, 1.82) is 0 Å². The molecular formula is C26H27N3O2S. The Labute approximate surface area is 192 Å². The number of carbonyl (C=O) groups is 2. The van der Waals surface area contributed by atoms with Crippen molar-refractivity contribution < 1.29 is 9.59 Å². The number of carbonyl (C=O) groups excluding carboxylic acids is 2. The summed E-state index contributed by atoms with van der Waals surface area (Å²) in [6, 6.07) is 20.1. The van der Waals surface area contributed by atoms with E-state index in [1.54, 1.807) is 11.3 Å². The normalized spacial score (nSPS) is 16.1. The van der Waals surface area contributed by atoms with Gasteiger partial charge >= 0.3 is 0 Å². The molecule has 6 heteroatoms. The zero-order valence-electron chi connectivity index (χ0n) is 18.3. The van der Waals surface area contributed by atoms with Crippen LogP contribution >= 0.6 is 11.3 Å². The Hall–Kier alpha value is -3.12. The SMILES string of the molecule is Cc1ccc(C(=O)N2CCc3sc(C(=O)N4CCN(c5ccccc5)CC4)cc3C2)cc1. The minimum atomic E-state index is 0.0618. The van der Waals surface area contributed by atoms with Gasteiger partial charge in [0.1, 0.15) is 0 Å². The van der Waals surface area contributed by atoms with Gasteiger partial charge in [0.05, 0.1) is 4.88 Å². The number of fused-ring (bicyclic) bond motifs is 1. The van der Waals surface area contributed by atoms with Crippen LogP contribution in [-0.2, 0) is 13.0 Å². The summed E-state index contributed by atoms with van der Waals surface area (Å²) in [6.07, 6.45) is 0.812. The molecule has 5 nitrogen and oxygen atoms in total. The second-order valence-electron chi connectivity index (χ2n) is 8.52. The number of nitrogens with zero attached hydrogens (tertiary/aromatic N) is 3. The molecule has 1 saturated heterocycles. The maximum Gasteiger partial charge on any atom is 0.264 e. The summed E-state index contributed by atoms with van der Waals surface area (Å²) >= 11 is 1.60. The molecule has 2 aromatic carbocycles. The van der Waals surface area contributed by atoms with Crippen molar-refractivity contribution in [3.8, 4) is 0 Å². The molecule has 1 fully saturated rings. The molecule has 0 N–H and O–H groups in total. The first-order valence-corrected chi connectivity index (χ1v) is 12.0. The van der Waals surface area contributed by atoms with E-state index in [9.17, 15) is 9.59 Å². The summed E-state index contributed by atoms with van der Waals surface area (Å²) in [5.41, 5.74) is 4.20. The highest BCUT2D eigenvalue weighted by Crippen LogP contribution is 2.30. The number of aryl methyl sites for hydroxylation is 1. The Morgan fingerprint density at radius 3 is 2.25 bits per heavy atom. The molecule has 3 heterocycles. The van der Waals surface area contributed by atoms with Gasteiger partial charge in [-0.2, -0.15) is 0 Å². The van der Waals surface area contributed by atoms with Gasteiger partial charge in [-0.05, 0) is 49.2 Å². The van der Waals surface area contributed by atoms with E-state index in [2.05, 4.69) is 29.2 Å². The van der Waals surface area contributed by atoms with Gasteiger partial charge in [0.25, 0.3) is 11.8 Å². The lowest BCUT2D eigenvalue weighted by molar-refractivity contribution is 0.0735. The van der Waals surface area contributed by atoms with Gasteiger partial charge < -0.3 is 14.7 Å². The van der Waals surface area contributed by atoms with Gasteiger partial charge in [-0.1, -0.05) is 35.9 Å². The highest BCUT2D eigenvalue weighted by atomic mass is 32.1. The van der Waals surface area contributed by atoms with E-state index in [0.29, 0.717) is 13.1 Å². The van der Waals surface area contributed by atoms with Crippen LogP contribution in [0.3, 0.4) is 0 Å². The predicted molar refractivity (Wildman–Crippen MR) is 129 cm³/mol. The van der Waals surface area contributed by atoms with Crippen molar-refractivity contribution in [2.45, 2.75) is 19.9 Å². The minimum absolute atomic E-state index is 0.0618. The first-order valence-electron chi connectivity index (χ1n) is 11.2. The first kappa shape index (κ1) is 20.8. The zero-order chi connectivity index (χ0) is 22.1. The second-order valence-corrected chi connectivity index (χ2v) is 9.65. The summed E-state index contributed by atoms with van der Waals surface area (Å²) < 4.78 is 0. The van der Waals surface area contributed by atoms with Gasteiger partial charge in [-0.15, -0.1) is 11.3 Å². The van der Waals surface area contributed by atoms with Crippen LogP contribution in [0.5, 0.6) is 0 Å². The van der Waals surface area contributed by atoms with Crippen molar-refractivity contribution in [2.24, 2.45) is 0 Å². The third-order valence-electron chi connectivity index (χ3n) is 6.35. The van der Waals surface area contributed by atoms with Crippen molar-refractivity contribution in [3.05, 3.63) is 87.1 Å². The Morgan fingerprint density at radius 1 is 0.812 bits per heavy atom. The average Bonchev–Trinajstić information content (AvgIpc) is 3.28. The van der Waals surface area contributed by atoms with Crippen molar-refractivity contribution in [1.82, 2.24) is 9.80 Å². The first-order chi connectivity index (χ1) is 15.6. The fraction of sp³-hybridized carbons (Fsp3) is 0.308. The molecule has 0 radical (unpaired) electrons. The number of thiophene rings is 1. The van der Waals surface area contributed by atoms with Crippen LogP contribution < -0.4 is 4.90 Å². The van der Waals surface area contributed by atoms with Crippen molar-refractivity contribution in [3.63, 3.8) is 0 Å². The number of rotatable bonds is 3. The summed E-state index contributed by atoms with van der Waals surface area (Å²) in [5.74, 6) is 0.181. The highest BCUT2D eigenvalue weighted by molar-refractivity contribution is 7.14. The molecule has 2 amide bonds. The highest BCUT2D eigenvalue weighted by Gasteiger charge is 2.28. The van der Waals surface area contributed by atoms with E-state index in [0.717, 1.165) is 54.2 Å². The Kier molecular flexibility index (Phi) is 5.70. The maximum atomic E-state index is 13.2. The molecular weight excluding hydrogens is 418 g/mol. The number of anilines is 1. The third-order valence-corrected chi connectivity index (χ3v) is 7.58. The fourth-order valence-electron chi connectivity index (χ4n) is 4.45. The number of benzene rings is 2. The molecule has 0 bridgehead atoms. The summed E-state index contributed by atoms with van der Waals surface area (Å²) in [6.45, 7) is 6.45. The van der Waals surface area contributed by atoms with E-state index in [1.165, 1.54) is 10.6 Å². The van der Waals surface area contributed by atoms with Gasteiger partial charge in [0.2, 0.25) is 0 Å². The van der Waals surface area contributed by atoms with Crippen molar-refractivity contribution in [2.75, 3.05) is 37.6 Å². The van der Waals surface area contributed by atoms with E-state index >= 15 is 0 Å². The van der Waals surface area contributed by atoms with Crippen LogP contribution in [0.2, 0.25) is 0 Å². The molecule has 3 aromatic rings. The van der Waals surface area contributed by atoms with Gasteiger partial charge in [0.15, 0.2) is 0 Å². The van der Waals surface area contributed by atoms with E-state index < -0.39 is 0 Å². The molecule has 5 rings (SSSR count). The van der Waals surface area contributed by atoms with Crippen LogP contribution in [0.15, 0.2) is 60.7 Å². The summed E-state index contributed by atoms with van der Waals surface area (Å²) in [7, 11) is 0. The van der Waals surface area contributed by atoms with Crippen LogP contribution in [0, 0.1) is 6.92 Å². The quantitative estimate of drug-likeness (QED) is 0.606. The van der Waals surface area contributed by atoms with Crippen molar-refractivity contribution >= 4 is 28.8 Å². The Balaban J connectivity index is 1.23. The molecule has 0 saturated carbocycles. The zero-order valence-corrected chi connectivity index (χ0v) is 19.1. The molecule has 2 aliphatic heterocycles. The monoisotopic (exact) mass is 445 g/mol. The molecule has 0 aliphatic carbocycles. The standard InChI is InChI=1S/C26H27N3O2S/c1-19-7-9-20(10-8-19)25(30)29-12-11-23-21(18-29)17-24(32-23)26(31)28-15-13-27(14-16-28)22-5-3-2-4-6-22/h2-10,17H,11-16,18H2,1H3. The molecule has 32 heavy (non-hydrogen) atoms. The lowest BCUT2D eigenvalue weighted by Crippen LogP contribution is -2.48. The average molecular weight is 446 g/mol. The Bertz CT molecular complexity index is 1120. The van der Waals surface area contributed by atoms with E-state index in [1.807, 2.05) is 53.1 Å². The van der Waals surface area contributed by atoms with E-state index in [4.69, 9.17) is 0 Å². The molecule has 0 spiro atoms. The second kappa shape index (κ2) is 8.79. The third kappa shape index (κ3) is 4.15. The number of hydrogen-bond acceptors (Lipinski definition) is 4. The largest absolute Gasteiger partial charge is 0.368 e.